The van der Waals surface area contributed by atoms with Gasteiger partial charge in [0.15, 0.2) is 11.2 Å². The molecule has 1 N–H and O–H groups in total. The molecule has 0 aliphatic heterocycles. The van der Waals surface area contributed by atoms with Gasteiger partial charge in [0.25, 0.3) is 5.56 Å². The number of aryl methyl sites for hydroxylation is 2. The van der Waals surface area contributed by atoms with Crippen molar-refractivity contribution in [1.82, 2.24) is 19.1 Å². The lowest BCUT2D eigenvalue weighted by Gasteiger charge is -2.08. The molecule has 0 aliphatic carbocycles. The normalized spacial score (nSPS) is 11.2. The number of nitrogens with zero attached hydrogens (tertiary/aromatic N) is 3. The monoisotopic (exact) mass is 350 g/mol. The number of fused-ring (bicyclic) bond motifs is 1. The first kappa shape index (κ1) is 19.0. The van der Waals surface area contributed by atoms with Crippen LogP contribution in [-0.2, 0) is 29.2 Å². The first-order valence-corrected chi connectivity index (χ1v) is 8.91. The lowest BCUT2D eigenvalue weighted by molar-refractivity contribution is -0.145. The molecule has 0 amide bonds. The number of rotatable bonds is 9. The summed E-state index contributed by atoms with van der Waals surface area (Å²) < 4.78 is 8.49. The summed E-state index contributed by atoms with van der Waals surface area (Å²) in [5.74, 6) is 0.192. The van der Waals surface area contributed by atoms with Crippen molar-refractivity contribution < 1.29 is 9.53 Å². The fourth-order valence-electron chi connectivity index (χ4n) is 2.74. The average molecular weight is 350 g/mol. The van der Waals surface area contributed by atoms with E-state index in [4.69, 9.17) is 4.74 Å². The van der Waals surface area contributed by atoms with Gasteiger partial charge in [-0.2, -0.15) is 0 Å². The first-order valence-electron chi connectivity index (χ1n) is 8.91. The summed E-state index contributed by atoms with van der Waals surface area (Å²) in [7, 11) is 0. The van der Waals surface area contributed by atoms with Gasteiger partial charge < -0.3 is 9.30 Å². The van der Waals surface area contributed by atoms with Crippen LogP contribution in [0.15, 0.2) is 9.59 Å². The Labute approximate surface area is 145 Å². The molecule has 8 nitrogen and oxygen atoms in total. The maximum atomic E-state index is 12.3. The average Bonchev–Trinajstić information content (AvgIpc) is 2.92. The maximum absolute atomic E-state index is 12.3. The van der Waals surface area contributed by atoms with Crippen LogP contribution in [0.3, 0.4) is 0 Å². The largest absolute Gasteiger partial charge is 0.458 e. The second-order valence-electron chi connectivity index (χ2n) is 6.03. The molecule has 0 fully saturated rings. The maximum Gasteiger partial charge on any atom is 0.330 e. The number of hydrogen-bond acceptors (Lipinski definition) is 5. The Morgan fingerprint density at radius 2 is 1.84 bits per heavy atom. The third kappa shape index (κ3) is 4.18. The third-order valence-electron chi connectivity index (χ3n) is 3.96. The number of esters is 1. The molecule has 0 saturated carbocycles. The topological polar surface area (TPSA) is 99.0 Å². The molecule has 8 heteroatoms. The molecular weight excluding hydrogens is 324 g/mol. The second kappa shape index (κ2) is 8.64. The highest BCUT2D eigenvalue weighted by Gasteiger charge is 2.19. The number of carbonyl (C=O) groups excluding carboxylic acids is 1. The van der Waals surface area contributed by atoms with E-state index < -0.39 is 11.2 Å². The van der Waals surface area contributed by atoms with Crippen LogP contribution in [0.2, 0.25) is 0 Å². The lowest BCUT2D eigenvalue weighted by Crippen LogP contribution is -2.31. The van der Waals surface area contributed by atoms with Gasteiger partial charge in [-0.15, -0.1) is 0 Å². The minimum Gasteiger partial charge on any atom is -0.458 e. The SMILES string of the molecule is CCCCn1c(=O)[nH]c(=O)c2c1nc(COC(=O)CCC)n2CCC. The number of aromatic nitrogens is 4. The Balaban J connectivity index is 2.52. The fourth-order valence-corrected chi connectivity index (χ4v) is 2.74. The van der Waals surface area contributed by atoms with Gasteiger partial charge in [0.2, 0.25) is 0 Å². The second-order valence-corrected chi connectivity index (χ2v) is 6.03. The van der Waals surface area contributed by atoms with Crippen molar-refractivity contribution in [3.63, 3.8) is 0 Å². The van der Waals surface area contributed by atoms with Crippen LogP contribution in [-0.4, -0.2) is 25.1 Å². The number of hydrogen-bond donors (Lipinski definition) is 1. The van der Waals surface area contributed by atoms with Crippen LogP contribution in [0.1, 0.15) is 58.7 Å². The van der Waals surface area contributed by atoms with Crippen molar-refractivity contribution >= 4 is 17.1 Å². The van der Waals surface area contributed by atoms with Gasteiger partial charge in [0.05, 0.1) is 0 Å². The van der Waals surface area contributed by atoms with Crippen molar-refractivity contribution in [2.24, 2.45) is 0 Å². The summed E-state index contributed by atoms with van der Waals surface area (Å²) >= 11 is 0. The van der Waals surface area contributed by atoms with E-state index >= 15 is 0 Å². The minimum atomic E-state index is -0.458. The van der Waals surface area contributed by atoms with Gasteiger partial charge in [0.1, 0.15) is 12.4 Å². The molecule has 0 radical (unpaired) electrons. The molecule has 2 aromatic rings. The van der Waals surface area contributed by atoms with E-state index in [-0.39, 0.29) is 12.6 Å². The zero-order valence-corrected chi connectivity index (χ0v) is 15.1. The minimum absolute atomic E-state index is 0.00504. The Bertz CT molecular complexity index is 847. The van der Waals surface area contributed by atoms with Crippen molar-refractivity contribution in [2.45, 2.75) is 72.6 Å². The van der Waals surface area contributed by atoms with Crippen molar-refractivity contribution in [2.75, 3.05) is 0 Å². The molecule has 0 aliphatic rings. The van der Waals surface area contributed by atoms with Crippen LogP contribution >= 0.6 is 0 Å². The molecule has 0 spiro atoms. The van der Waals surface area contributed by atoms with Gasteiger partial charge in [-0.3, -0.25) is 19.1 Å². The highest BCUT2D eigenvalue weighted by molar-refractivity contribution is 5.71. The summed E-state index contributed by atoms with van der Waals surface area (Å²) in [6, 6.07) is 0. The Hall–Kier alpha value is -2.38. The zero-order valence-electron chi connectivity index (χ0n) is 15.1. The quantitative estimate of drug-likeness (QED) is 0.697. The standard InChI is InChI=1S/C17H26N4O4/c1-4-7-10-21-15-14(16(23)19-17(21)24)20(9-6-3)12(18-15)11-25-13(22)8-5-2/h4-11H2,1-3H3,(H,19,23,24). The van der Waals surface area contributed by atoms with E-state index in [1.165, 1.54) is 4.57 Å². The Morgan fingerprint density at radius 3 is 2.48 bits per heavy atom. The smallest absolute Gasteiger partial charge is 0.330 e. The third-order valence-corrected chi connectivity index (χ3v) is 3.96. The summed E-state index contributed by atoms with van der Waals surface area (Å²) in [6.07, 6.45) is 3.57. The van der Waals surface area contributed by atoms with Gasteiger partial charge in [-0.1, -0.05) is 27.2 Å². The number of imidazole rings is 1. The predicted octanol–water partition coefficient (Wildman–Crippen LogP) is 1.94. The van der Waals surface area contributed by atoms with Crippen LogP contribution in [0.4, 0.5) is 0 Å². The molecule has 2 rings (SSSR count). The van der Waals surface area contributed by atoms with Gasteiger partial charge >= 0.3 is 11.7 Å². The van der Waals surface area contributed by atoms with Gasteiger partial charge in [0, 0.05) is 19.5 Å². The number of unbranched alkanes of at least 4 members (excludes halogenated alkanes) is 1. The van der Waals surface area contributed by atoms with E-state index in [1.54, 1.807) is 4.57 Å². The summed E-state index contributed by atoms with van der Waals surface area (Å²) in [6.45, 7) is 6.96. The van der Waals surface area contributed by atoms with E-state index in [0.29, 0.717) is 42.9 Å². The van der Waals surface area contributed by atoms with Crippen LogP contribution in [0.5, 0.6) is 0 Å². The molecule has 25 heavy (non-hydrogen) atoms. The molecule has 0 unspecified atom stereocenters. The Morgan fingerprint density at radius 1 is 1.08 bits per heavy atom. The van der Waals surface area contributed by atoms with Crippen molar-refractivity contribution in [3.05, 3.63) is 26.7 Å². The molecule has 2 aromatic heterocycles. The molecular formula is C17H26N4O4. The molecule has 0 saturated heterocycles. The highest BCUT2D eigenvalue weighted by Crippen LogP contribution is 2.14. The number of ether oxygens (including phenoxy) is 1. The zero-order chi connectivity index (χ0) is 18.4. The lowest BCUT2D eigenvalue weighted by atomic mass is 10.3. The van der Waals surface area contributed by atoms with Gasteiger partial charge in [-0.05, 0) is 19.3 Å². The van der Waals surface area contributed by atoms with Crippen LogP contribution in [0.25, 0.3) is 11.2 Å². The van der Waals surface area contributed by atoms with Crippen LogP contribution in [0, 0.1) is 0 Å². The molecule has 2 heterocycles. The summed E-state index contributed by atoms with van der Waals surface area (Å²) in [5.41, 5.74) is -0.197. The van der Waals surface area contributed by atoms with Crippen molar-refractivity contribution in [3.8, 4) is 0 Å². The number of nitrogens with one attached hydrogen (secondary N) is 1. The first-order chi connectivity index (χ1) is 12.0. The van der Waals surface area contributed by atoms with E-state index in [2.05, 4.69) is 9.97 Å². The molecule has 138 valence electrons. The van der Waals surface area contributed by atoms with E-state index in [9.17, 15) is 14.4 Å². The molecule has 0 bridgehead atoms. The van der Waals surface area contributed by atoms with Crippen molar-refractivity contribution in [1.29, 1.82) is 0 Å². The molecule has 0 atom stereocenters. The number of H-pyrrole nitrogens is 1. The fraction of sp³-hybridized carbons (Fsp3) is 0.647. The van der Waals surface area contributed by atoms with E-state index in [1.807, 2.05) is 20.8 Å². The van der Waals surface area contributed by atoms with Gasteiger partial charge in [-0.25, -0.2) is 9.78 Å². The van der Waals surface area contributed by atoms with E-state index in [0.717, 1.165) is 19.3 Å². The summed E-state index contributed by atoms with van der Waals surface area (Å²) in [5, 5.41) is 0. The number of aromatic amines is 1. The number of carbonyl (C=O) groups is 1. The molecule has 0 aromatic carbocycles. The highest BCUT2D eigenvalue weighted by atomic mass is 16.5. The van der Waals surface area contributed by atoms with Crippen LogP contribution < -0.4 is 11.2 Å². The predicted molar refractivity (Wildman–Crippen MR) is 94.5 cm³/mol. The Kier molecular flexibility index (Phi) is 6.55. The summed E-state index contributed by atoms with van der Waals surface area (Å²) in [4.78, 5) is 43.0.